The van der Waals surface area contributed by atoms with Crippen LogP contribution in [-0.4, -0.2) is 35.2 Å². The second-order valence-corrected chi connectivity index (χ2v) is 6.49. The number of ether oxygens (including phenoxy) is 1. The van der Waals surface area contributed by atoms with Crippen molar-refractivity contribution in [1.82, 2.24) is 4.90 Å². The molecule has 1 saturated heterocycles. The first-order valence-corrected chi connectivity index (χ1v) is 7.72. The summed E-state index contributed by atoms with van der Waals surface area (Å²) < 4.78 is 5.34. The number of nitrogens with zero attached hydrogens (tertiary/aromatic N) is 1. The van der Waals surface area contributed by atoms with Crippen LogP contribution in [0.5, 0.6) is 0 Å². The number of hydrogen-bond acceptors (Lipinski definition) is 3. The lowest BCUT2D eigenvalue weighted by Crippen LogP contribution is -2.33. The number of benzene rings is 1. The maximum atomic E-state index is 12.2. The standard InChI is InChI=1S/C17H21NO4/c1-12-9-18(10-14(12)17(7-8-17)15(19)20)16(21)22-11-13-5-3-2-4-6-13/h2-6,12,14H,7-11H2,1H3,(H,19,20). The Labute approximate surface area is 129 Å². The first-order chi connectivity index (χ1) is 10.5. The van der Waals surface area contributed by atoms with Crippen molar-refractivity contribution in [3.05, 3.63) is 35.9 Å². The van der Waals surface area contributed by atoms with Gasteiger partial charge in [0, 0.05) is 13.1 Å². The molecule has 22 heavy (non-hydrogen) atoms. The van der Waals surface area contributed by atoms with E-state index in [1.807, 2.05) is 37.3 Å². The van der Waals surface area contributed by atoms with Crippen LogP contribution in [0.4, 0.5) is 4.79 Å². The zero-order valence-corrected chi connectivity index (χ0v) is 12.7. The van der Waals surface area contributed by atoms with Gasteiger partial charge in [0.2, 0.25) is 0 Å². The van der Waals surface area contributed by atoms with Crippen LogP contribution in [0.3, 0.4) is 0 Å². The van der Waals surface area contributed by atoms with Gasteiger partial charge in [0.15, 0.2) is 0 Å². The maximum Gasteiger partial charge on any atom is 0.410 e. The zero-order valence-electron chi connectivity index (χ0n) is 12.7. The Morgan fingerprint density at radius 1 is 1.27 bits per heavy atom. The van der Waals surface area contributed by atoms with Gasteiger partial charge in [-0.05, 0) is 30.2 Å². The third kappa shape index (κ3) is 2.67. The molecule has 1 amide bonds. The number of carboxylic acid groups (broad SMARTS) is 1. The number of aliphatic carboxylic acids is 1. The zero-order chi connectivity index (χ0) is 15.7. The van der Waals surface area contributed by atoms with Gasteiger partial charge < -0.3 is 14.7 Å². The van der Waals surface area contributed by atoms with E-state index >= 15 is 0 Å². The second-order valence-electron chi connectivity index (χ2n) is 6.49. The van der Waals surface area contributed by atoms with E-state index < -0.39 is 11.4 Å². The minimum Gasteiger partial charge on any atom is -0.481 e. The van der Waals surface area contributed by atoms with Crippen LogP contribution in [0, 0.1) is 17.3 Å². The van der Waals surface area contributed by atoms with Gasteiger partial charge in [-0.2, -0.15) is 0 Å². The topological polar surface area (TPSA) is 66.8 Å². The van der Waals surface area contributed by atoms with E-state index in [0.29, 0.717) is 13.1 Å². The average molecular weight is 303 g/mol. The molecule has 1 aromatic rings. The Balaban J connectivity index is 1.57. The van der Waals surface area contributed by atoms with E-state index in [1.165, 1.54) is 0 Å². The lowest BCUT2D eigenvalue weighted by molar-refractivity contribution is -0.146. The molecule has 2 aliphatic rings. The molecule has 0 radical (unpaired) electrons. The van der Waals surface area contributed by atoms with Crippen LogP contribution < -0.4 is 0 Å². The molecule has 2 unspecified atom stereocenters. The van der Waals surface area contributed by atoms with Gasteiger partial charge in [0.1, 0.15) is 6.61 Å². The summed E-state index contributed by atoms with van der Waals surface area (Å²) in [7, 11) is 0. The molecule has 1 aromatic carbocycles. The predicted octanol–water partition coefficient (Wildman–Crippen LogP) is 2.76. The summed E-state index contributed by atoms with van der Waals surface area (Å²) in [5.41, 5.74) is 0.345. The molecule has 1 aliphatic heterocycles. The molecule has 2 atom stereocenters. The van der Waals surface area contributed by atoms with Crippen LogP contribution in [0.15, 0.2) is 30.3 Å². The van der Waals surface area contributed by atoms with Gasteiger partial charge in [-0.25, -0.2) is 4.79 Å². The van der Waals surface area contributed by atoms with Crippen LogP contribution in [-0.2, 0) is 16.1 Å². The number of carboxylic acids is 1. The van der Waals surface area contributed by atoms with Gasteiger partial charge >= 0.3 is 12.1 Å². The highest BCUT2D eigenvalue weighted by Crippen LogP contribution is 2.56. The van der Waals surface area contributed by atoms with Gasteiger partial charge in [-0.3, -0.25) is 4.79 Å². The molecule has 0 aromatic heterocycles. The first kappa shape index (κ1) is 14.9. The predicted molar refractivity (Wildman–Crippen MR) is 80.2 cm³/mol. The number of carbonyl (C=O) groups excluding carboxylic acids is 1. The van der Waals surface area contributed by atoms with Crippen LogP contribution in [0.1, 0.15) is 25.3 Å². The summed E-state index contributed by atoms with van der Waals surface area (Å²) in [4.78, 5) is 25.3. The molecule has 2 fully saturated rings. The summed E-state index contributed by atoms with van der Waals surface area (Å²) in [5, 5.41) is 9.42. The van der Waals surface area contributed by atoms with E-state index in [2.05, 4.69) is 0 Å². The smallest absolute Gasteiger partial charge is 0.410 e. The molecule has 1 N–H and O–H groups in total. The van der Waals surface area contributed by atoms with Crippen LogP contribution in [0.2, 0.25) is 0 Å². The highest BCUT2D eigenvalue weighted by molar-refractivity contribution is 5.78. The number of hydrogen-bond donors (Lipinski definition) is 1. The molecule has 118 valence electrons. The van der Waals surface area contributed by atoms with E-state index in [0.717, 1.165) is 18.4 Å². The van der Waals surface area contributed by atoms with Crippen LogP contribution in [0.25, 0.3) is 0 Å². The summed E-state index contributed by atoms with van der Waals surface area (Å²) in [5.74, 6) is -0.485. The summed E-state index contributed by atoms with van der Waals surface area (Å²) in [6.45, 7) is 3.34. The number of rotatable bonds is 4. The van der Waals surface area contributed by atoms with Crippen molar-refractivity contribution in [2.45, 2.75) is 26.4 Å². The lowest BCUT2D eigenvalue weighted by atomic mass is 9.82. The second kappa shape index (κ2) is 5.63. The maximum absolute atomic E-state index is 12.2. The van der Waals surface area contributed by atoms with E-state index in [4.69, 9.17) is 4.74 Å². The van der Waals surface area contributed by atoms with Gasteiger partial charge in [-0.1, -0.05) is 37.3 Å². The Kier molecular flexibility index (Phi) is 3.81. The molecular weight excluding hydrogens is 282 g/mol. The summed E-state index contributed by atoms with van der Waals surface area (Å²) in [6.07, 6.45) is 1.11. The minimum absolute atomic E-state index is 0.0364. The van der Waals surface area contributed by atoms with Crippen molar-refractivity contribution in [2.24, 2.45) is 17.3 Å². The molecule has 0 bridgehead atoms. The third-order valence-electron chi connectivity index (χ3n) is 5.00. The quantitative estimate of drug-likeness (QED) is 0.928. The Morgan fingerprint density at radius 3 is 2.55 bits per heavy atom. The molecule has 3 rings (SSSR count). The van der Waals surface area contributed by atoms with Gasteiger partial charge in [-0.15, -0.1) is 0 Å². The Bertz CT molecular complexity index is 567. The highest BCUT2D eigenvalue weighted by atomic mass is 16.6. The summed E-state index contributed by atoms with van der Waals surface area (Å²) >= 11 is 0. The Hall–Kier alpha value is -2.04. The van der Waals surface area contributed by atoms with Crippen molar-refractivity contribution in [1.29, 1.82) is 0 Å². The van der Waals surface area contributed by atoms with Crippen molar-refractivity contribution in [3.63, 3.8) is 0 Å². The molecular formula is C17H21NO4. The van der Waals surface area contributed by atoms with Crippen LogP contribution >= 0.6 is 0 Å². The van der Waals surface area contributed by atoms with E-state index in [-0.39, 0.29) is 24.5 Å². The monoisotopic (exact) mass is 303 g/mol. The van der Waals surface area contributed by atoms with Crippen molar-refractivity contribution < 1.29 is 19.4 Å². The van der Waals surface area contributed by atoms with Crippen molar-refractivity contribution >= 4 is 12.1 Å². The molecule has 1 aliphatic carbocycles. The number of likely N-dealkylation sites (tertiary alicyclic amines) is 1. The largest absolute Gasteiger partial charge is 0.481 e. The summed E-state index contributed by atoms with van der Waals surface area (Å²) in [6, 6.07) is 9.54. The molecule has 1 heterocycles. The van der Waals surface area contributed by atoms with E-state index in [1.54, 1.807) is 4.90 Å². The first-order valence-electron chi connectivity index (χ1n) is 7.72. The fraction of sp³-hybridized carbons (Fsp3) is 0.529. The van der Waals surface area contributed by atoms with E-state index in [9.17, 15) is 14.7 Å². The third-order valence-corrected chi connectivity index (χ3v) is 5.00. The van der Waals surface area contributed by atoms with Crippen molar-refractivity contribution in [2.75, 3.05) is 13.1 Å². The molecule has 5 heteroatoms. The fourth-order valence-corrected chi connectivity index (χ4v) is 3.52. The normalized spacial score (nSPS) is 25.8. The molecule has 1 saturated carbocycles. The van der Waals surface area contributed by atoms with Crippen molar-refractivity contribution in [3.8, 4) is 0 Å². The average Bonchev–Trinajstić information content (AvgIpc) is 3.23. The number of amides is 1. The van der Waals surface area contributed by atoms with Gasteiger partial charge in [0.25, 0.3) is 0 Å². The molecule has 0 spiro atoms. The Morgan fingerprint density at radius 2 is 1.95 bits per heavy atom. The SMILES string of the molecule is CC1CN(C(=O)OCc2ccccc2)CC1C1(C(=O)O)CC1. The number of carbonyl (C=O) groups is 2. The molecule has 5 nitrogen and oxygen atoms in total. The lowest BCUT2D eigenvalue weighted by Gasteiger charge is -2.21. The highest BCUT2D eigenvalue weighted by Gasteiger charge is 2.59. The minimum atomic E-state index is -0.719. The fourth-order valence-electron chi connectivity index (χ4n) is 3.52. The van der Waals surface area contributed by atoms with Gasteiger partial charge in [0.05, 0.1) is 5.41 Å².